The summed E-state index contributed by atoms with van der Waals surface area (Å²) in [4.78, 5) is 6.53. The molecule has 2 nitrogen and oxygen atoms in total. The maximum atomic E-state index is 3.27. The first kappa shape index (κ1) is 7.73. The van der Waals surface area contributed by atoms with Gasteiger partial charge >= 0.3 is 14.1 Å². The van der Waals surface area contributed by atoms with Crippen LogP contribution in [0.25, 0.3) is 0 Å². The predicted molar refractivity (Wildman–Crippen MR) is 52.5 cm³/mol. The quantitative estimate of drug-likeness (QED) is 0.624. The first-order valence-electron chi connectivity index (χ1n) is 4.14. The van der Waals surface area contributed by atoms with Gasteiger partial charge in [0, 0.05) is 0 Å². The minimum absolute atomic E-state index is 0.932. The average molecular weight is 174 g/mol. The monoisotopic (exact) mass is 174 g/mol. The van der Waals surface area contributed by atoms with Gasteiger partial charge in [0.1, 0.15) is 0 Å². The van der Waals surface area contributed by atoms with Gasteiger partial charge in [-0.15, -0.1) is 0 Å². The van der Waals surface area contributed by atoms with Gasteiger partial charge in [0.05, 0.1) is 0 Å². The number of rotatable bonds is 2. The van der Waals surface area contributed by atoms with Crippen molar-refractivity contribution in [2.24, 2.45) is 0 Å². The summed E-state index contributed by atoms with van der Waals surface area (Å²) in [5, 5.41) is 0. The molecule has 0 aliphatic rings. The van der Waals surface area contributed by atoms with E-state index in [1.54, 1.807) is 0 Å². The molecule has 0 atom stereocenters. The molecule has 2 aromatic rings. The molecule has 0 aliphatic heterocycles. The van der Waals surface area contributed by atoms with Crippen LogP contribution in [0, 0.1) is 0 Å². The molecule has 0 fully saturated rings. The minimum Gasteiger partial charge on any atom is -0.380 e. The zero-order valence-corrected chi connectivity index (χ0v) is 8.20. The normalized spacial score (nSPS) is 10.1. The lowest BCUT2D eigenvalue weighted by molar-refractivity contribution is 1.43. The Hall–Kier alpha value is -0.908. The molecule has 0 unspecified atom stereocenters. The number of hydrogen-bond donors (Lipinski definition) is 2. The highest BCUT2D eigenvalue weighted by atomic mass is 27.2. The summed E-state index contributed by atoms with van der Waals surface area (Å²) in [6.45, 7) is 0. The molecular weight excluding hydrogens is 163 g/mol. The third-order valence-electron chi connectivity index (χ3n) is 2.18. The van der Waals surface area contributed by atoms with E-state index < -0.39 is 14.1 Å². The third-order valence-corrected chi connectivity index (χ3v) is 4.76. The maximum absolute atomic E-state index is 3.27. The van der Waals surface area contributed by atoms with Gasteiger partial charge in [-0.1, -0.05) is 17.9 Å². The zero-order chi connectivity index (χ0) is 8.39. The Balaban J connectivity index is 2.27. The Bertz CT molecular complexity index is 289. The number of nitrogens with one attached hydrogen (secondary N) is 2. The molecule has 2 aromatic heterocycles. The standard InChI is InChI=1S/2C4H4N.CH3.Al/c2*1-2-4-5-3-1;;/h2*1-3,5H;1H3;. The summed E-state index contributed by atoms with van der Waals surface area (Å²) in [5.74, 6) is 2.32. The smallest absolute Gasteiger partial charge is 0.380 e. The van der Waals surface area contributed by atoms with Gasteiger partial charge in [-0.2, -0.15) is 0 Å². The second kappa shape index (κ2) is 3.22. The van der Waals surface area contributed by atoms with E-state index in [-0.39, 0.29) is 0 Å². The van der Waals surface area contributed by atoms with Crippen LogP contribution in [0.4, 0.5) is 0 Å². The number of H-pyrrole nitrogens is 2. The van der Waals surface area contributed by atoms with E-state index in [1.807, 2.05) is 12.4 Å². The molecule has 0 bridgehead atoms. The summed E-state index contributed by atoms with van der Waals surface area (Å²) < 4.78 is 2.77. The number of aromatic nitrogens is 2. The second-order valence-electron chi connectivity index (χ2n) is 2.97. The highest BCUT2D eigenvalue weighted by molar-refractivity contribution is 6.82. The van der Waals surface area contributed by atoms with Crippen molar-refractivity contribution in [3.8, 4) is 0 Å². The van der Waals surface area contributed by atoms with Gasteiger partial charge in [0.15, 0.2) is 0 Å². The molecule has 2 N–H and O–H groups in total. The Morgan fingerprint density at radius 3 is 1.83 bits per heavy atom. The van der Waals surface area contributed by atoms with Crippen molar-refractivity contribution in [1.29, 1.82) is 0 Å². The molecule has 0 aromatic carbocycles. The van der Waals surface area contributed by atoms with Crippen molar-refractivity contribution in [3.05, 3.63) is 36.7 Å². The van der Waals surface area contributed by atoms with Crippen LogP contribution in [0.3, 0.4) is 0 Å². The van der Waals surface area contributed by atoms with E-state index in [0.717, 1.165) is 0 Å². The van der Waals surface area contributed by atoms with Crippen LogP contribution in [-0.4, -0.2) is 24.1 Å². The average Bonchev–Trinajstić information content (AvgIpc) is 2.77. The summed E-state index contributed by atoms with van der Waals surface area (Å²) in [6.07, 6.45) is 3.98. The highest BCUT2D eigenvalue weighted by Crippen LogP contribution is 1.86. The fraction of sp³-hybridized carbons (Fsp3) is 0.111. The molecule has 0 amide bonds. The van der Waals surface area contributed by atoms with E-state index in [2.05, 4.69) is 40.0 Å². The van der Waals surface area contributed by atoms with E-state index in [1.165, 1.54) is 9.11 Å². The fourth-order valence-electron chi connectivity index (χ4n) is 1.39. The highest BCUT2D eigenvalue weighted by Gasteiger charge is 2.17. The van der Waals surface area contributed by atoms with Crippen LogP contribution in [-0.2, 0) is 0 Å². The lowest BCUT2D eigenvalue weighted by Gasteiger charge is -2.00. The second-order valence-corrected chi connectivity index (χ2v) is 5.66. The fourth-order valence-corrected chi connectivity index (χ4v) is 3.22. The van der Waals surface area contributed by atoms with Gasteiger partial charge < -0.3 is 9.97 Å². The van der Waals surface area contributed by atoms with E-state index >= 15 is 0 Å². The summed E-state index contributed by atoms with van der Waals surface area (Å²) in [7, 11) is 0. The summed E-state index contributed by atoms with van der Waals surface area (Å²) >= 11 is -0.932. The van der Waals surface area contributed by atoms with Gasteiger partial charge in [-0.3, -0.25) is 0 Å². The molecule has 0 saturated carbocycles. The van der Waals surface area contributed by atoms with Crippen molar-refractivity contribution < 1.29 is 0 Å². The number of hydrogen-bond acceptors (Lipinski definition) is 0. The summed E-state index contributed by atoms with van der Waals surface area (Å²) in [5.41, 5.74) is 0. The molecule has 2 rings (SSSR count). The molecule has 3 heteroatoms. The topological polar surface area (TPSA) is 31.6 Å². The Morgan fingerprint density at radius 1 is 1.00 bits per heavy atom. The van der Waals surface area contributed by atoms with Crippen LogP contribution in [0.5, 0.6) is 0 Å². The predicted octanol–water partition coefficient (Wildman–Crippen LogP) is 0.582. The van der Waals surface area contributed by atoms with Crippen molar-refractivity contribution in [2.75, 3.05) is 0 Å². The molecule has 0 saturated heterocycles. The van der Waals surface area contributed by atoms with Gasteiger partial charge in [0.2, 0.25) is 0 Å². The van der Waals surface area contributed by atoms with Crippen LogP contribution < -0.4 is 9.11 Å². The Labute approximate surface area is 76.0 Å². The SMILES string of the molecule is [CH3][Al]([c]1ccc[nH]1)[c]1ccc[nH]1. The van der Waals surface area contributed by atoms with E-state index in [9.17, 15) is 0 Å². The lowest BCUT2D eigenvalue weighted by Crippen LogP contribution is -2.40. The summed E-state index contributed by atoms with van der Waals surface area (Å²) in [6, 6.07) is 8.44. The van der Waals surface area contributed by atoms with Crippen molar-refractivity contribution in [1.82, 2.24) is 9.97 Å². The van der Waals surface area contributed by atoms with Crippen molar-refractivity contribution in [2.45, 2.75) is 5.79 Å². The van der Waals surface area contributed by atoms with Crippen molar-refractivity contribution >= 4 is 23.3 Å². The Morgan fingerprint density at radius 2 is 1.50 bits per heavy atom. The molecule has 2 heterocycles. The molecule has 0 radical (unpaired) electrons. The first-order valence-corrected chi connectivity index (χ1v) is 6.45. The Kier molecular flexibility index (Phi) is 2.07. The van der Waals surface area contributed by atoms with Gasteiger partial charge in [-0.25, -0.2) is 0 Å². The van der Waals surface area contributed by atoms with Crippen LogP contribution >= 0.6 is 0 Å². The zero-order valence-electron chi connectivity index (χ0n) is 7.04. The lowest BCUT2D eigenvalue weighted by atomic mass is 10.7. The molecule has 0 spiro atoms. The molecule has 60 valence electrons. The van der Waals surface area contributed by atoms with E-state index in [4.69, 9.17) is 0 Å². The van der Waals surface area contributed by atoms with E-state index in [0.29, 0.717) is 0 Å². The first-order chi connectivity index (χ1) is 5.88. The molecule has 12 heavy (non-hydrogen) atoms. The van der Waals surface area contributed by atoms with Crippen LogP contribution in [0.2, 0.25) is 5.79 Å². The number of aromatic amines is 2. The largest absolute Gasteiger partial charge is 0.393 e. The van der Waals surface area contributed by atoms with Crippen LogP contribution in [0.15, 0.2) is 36.7 Å². The van der Waals surface area contributed by atoms with Gasteiger partial charge in [0.25, 0.3) is 0 Å². The minimum atomic E-state index is -0.932. The van der Waals surface area contributed by atoms with Crippen molar-refractivity contribution in [3.63, 3.8) is 0 Å². The van der Waals surface area contributed by atoms with Gasteiger partial charge in [-0.05, 0) is 33.6 Å². The van der Waals surface area contributed by atoms with Crippen LogP contribution in [0.1, 0.15) is 0 Å². The maximum Gasteiger partial charge on any atom is 0.393 e. The molecule has 0 aliphatic carbocycles. The third kappa shape index (κ3) is 1.34. The molecular formula is C9H11AlN2.